The first kappa shape index (κ1) is 24.0. The number of carbonyl (C=O) groups excluding carboxylic acids is 3. The van der Waals surface area contributed by atoms with E-state index in [4.69, 9.17) is 9.47 Å². The van der Waals surface area contributed by atoms with Crippen molar-refractivity contribution in [2.24, 2.45) is 23.2 Å². The number of amides is 2. The lowest BCUT2D eigenvalue weighted by atomic mass is 9.62. The van der Waals surface area contributed by atoms with Crippen molar-refractivity contribution in [1.29, 1.82) is 0 Å². The average Bonchev–Trinajstić information content (AvgIpc) is 2.85. The van der Waals surface area contributed by atoms with Crippen LogP contribution in [-0.4, -0.2) is 31.0 Å². The van der Waals surface area contributed by atoms with Crippen LogP contribution in [0.2, 0.25) is 0 Å². The smallest absolute Gasteiger partial charge is 0.310 e. The Bertz CT molecular complexity index is 1060. The van der Waals surface area contributed by atoms with Gasteiger partial charge in [-0.15, -0.1) is 0 Å². The quantitative estimate of drug-likeness (QED) is 0.473. The molecule has 180 valence electrons. The van der Waals surface area contributed by atoms with Gasteiger partial charge in [0.25, 0.3) is 0 Å². The summed E-state index contributed by atoms with van der Waals surface area (Å²) in [5.41, 5.74) is 0.313. The van der Waals surface area contributed by atoms with Crippen LogP contribution >= 0.6 is 0 Å². The fourth-order valence-corrected chi connectivity index (χ4v) is 5.76. The van der Waals surface area contributed by atoms with Crippen molar-refractivity contribution in [3.8, 4) is 5.75 Å². The van der Waals surface area contributed by atoms with Gasteiger partial charge in [0.1, 0.15) is 5.75 Å². The number of nitrogens with zero attached hydrogens (tertiary/aromatic N) is 1. The Labute approximate surface area is 201 Å². The largest absolute Gasteiger partial charge is 0.493 e. The standard InChI is InChI=1S/C28H33NO5/c1-5-18-16-23(30)29(19-12-8-7-9-13-19)27(32)28(3,4)25(26(31)33-6-2)21-17-34-22-15-11-10-14-20(22)24(18)21/h7-15,18,21,24-25H,5-6,16-17H2,1-4H3. The summed E-state index contributed by atoms with van der Waals surface area (Å²) >= 11 is 0. The van der Waals surface area contributed by atoms with E-state index in [0.29, 0.717) is 5.69 Å². The van der Waals surface area contributed by atoms with Gasteiger partial charge in [-0.05, 0) is 42.5 Å². The number of anilines is 1. The molecule has 1 fully saturated rings. The van der Waals surface area contributed by atoms with Gasteiger partial charge in [-0.2, -0.15) is 0 Å². The molecule has 2 aromatic carbocycles. The number of esters is 1. The highest BCUT2D eigenvalue weighted by atomic mass is 16.5. The first-order valence-electron chi connectivity index (χ1n) is 12.1. The van der Waals surface area contributed by atoms with Crippen LogP contribution in [0.3, 0.4) is 0 Å². The Morgan fingerprint density at radius 1 is 1.06 bits per heavy atom. The van der Waals surface area contributed by atoms with E-state index in [0.717, 1.165) is 17.7 Å². The number of ether oxygens (including phenoxy) is 2. The molecule has 2 aromatic rings. The zero-order valence-electron chi connectivity index (χ0n) is 20.3. The summed E-state index contributed by atoms with van der Waals surface area (Å²) < 4.78 is 11.7. The van der Waals surface area contributed by atoms with Gasteiger partial charge in [-0.1, -0.05) is 63.6 Å². The summed E-state index contributed by atoms with van der Waals surface area (Å²) in [7, 11) is 0. The number of imide groups is 1. The molecule has 0 saturated carbocycles. The second-order valence-electron chi connectivity index (χ2n) is 9.73. The monoisotopic (exact) mass is 463 g/mol. The van der Waals surface area contributed by atoms with Crippen LogP contribution < -0.4 is 9.64 Å². The molecule has 6 heteroatoms. The molecule has 4 rings (SSSR count). The van der Waals surface area contributed by atoms with Crippen LogP contribution in [-0.2, 0) is 19.1 Å². The van der Waals surface area contributed by atoms with Crippen molar-refractivity contribution in [2.45, 2.75) is 46.5 Å². The van der Waals surface area contributed by atoms with Gasteiger partial charge in [0.05, 0.1) is 30.2 Å². The Hall–Kier alpha value is -3.15. The topological polar surface area (TPSA) is 72.9 Å². The number of hydrogen-bond donors (Lipinski definition) is 0. The Morgan fingerprint density at radius 2 is 1.74 bits per heavy atom. The van der Waals surface area contributed by atoms with Gasteiger partial charge < -0.3 is 9.47 Å². The molecule has 0 spiro atoms. The van der Waals surface area contributed by atoms with Crippen molar-refractivity contribution in [3.63, 3.8) is 0 Å². The maximum atomic E-state index is 14.1. The Balaban J connectivity index is 1.93. The summed E-state index contributed by atoms with van der Waals surface area (Å²) in [5, 5.41) is 0. The van der Waals surface area contributed by atoms with Gasteiger partial charge >= 0.3 is 5.97 Å². The predicted octanol–water partition coefficient (Wildman–Crippen LogP) is 4.97. The minimum Gasteiger partial charge on any atom is -0.493 e. The normalized spacial score (nSPS) is 26.3. The summed E-state index contributed by atoms with van der Waals surface area (Å²) in [6.45, 7) is 7.84. The lowest BCUT2D eigenvalue weighted by Gasteiger charge is -2.44. The van der Waals surface area contributed by atoms with Gasteiger partial charge in [0, 0.05) is 12.3 Å². The number of rotatable bonds is 4. The molecule has 2 aliphatic heterocycles. The van der Waals surface area contributed by atoms with Crippen LogP contribution in [0.5, 0.6) is 5.75 Å². The van der Waals surface area contributed by atoms with E-state index in [2.05, 4.69) is 6.92 Å². The molecular formula is C28H33NO5. The third-order valence-electron chi connectivity index (χ3n) is 7.40. The van der Waals surface area contributed by atoms with E-state index < -0.39 is 23.2 Å². The van der Waals surface area contributed by atoms with Crippen LogP contribution in [0.1, 0.15) is 52.0 Å². The van der Waals surface area contributed by atoms with E-state index in [1.807, 2.05) is 30.3 Å². The molecule has 34 heavy (non-hydrogen) atoms. The lowest BCUT2D eigenvalue weighted by molar-refractivity contribution is -0.161. The minimum absolute atomic E-state index is 0.0626. The molecule has 2 heterocycles. The first-order chi connectivity index (χ1) is 16.3. The van der Waals surface area contributed by atoms with Crippen molar-refractivity contribution in [2.75, 3.05) is 18.1 Å². The molecule has 0 bridgehead atoms. The molecular weight excluding hydrogens is 430 g/mol. The van der Waals surface area contributed by atoms with E-state index in [-0.39, 0.29) is 43.3 Å². The molecule has 2 amide bonds. The van der Waals surface area contributed by atoms with Crippen LogP contribution in [0.15, 0.2) is 54.6 Å². The number of fused-ring (bicyclic) bond motifs is 3. The SMILES string of the molecule is CCOC(=O)C1C2COc3ccccc3C2C(CC)CC(=O)N(c2ccccc2)C(=O)C1(C)C. The molecule has 0 radical (unpaired) electrons. The summed E-state index contributed by atoms with van der Waals surface area (Å²) in [5.74, 6) is -1.54. The third kappa shape index (κ3) is 4.10. The van der Waals surface area contributed by atoms with E-state index >= 15 is 0 Å². The summed E-state index contributed by atoms with van der Waals surface area (Å²) in [4.78, 5) is 42.6. The van der Waals surface area contributed by atoms with Crippen molar-refractivity contribution in [1.82, 2.24) is 0 Å². The summed E-state index contributed by atoms with van der Waals surface area (Å²) in [6, 6.07) is 16.8. The fourth-order valence-electron chi connectivity index (χ4n) is 5.76. The maximum absolute atomic E-state index is 14.1. The maximum Gasteiger partial charge on any atom is 0.310 e. The zero-order chi connectivity index (χ0) is 24.5. The van der Waals surface area contributed by atoms with Crippen LogP contribution in [0, 0.1) is 23.2 Å². The molecule has 0 N–H and O–H groups in total. The molecule has 1 saturated heterocycles. The molecule has 0 aliphatic carbocycles. The fraction of sp³-hybridized carbons (Fsp3) is 0.464. The molecule has 0 aromatic heterocycles. The highest BCUT2D eigenvalue weighted by molar-refractivity contribution is 6.17. The number of hydrogen-bond acceptors (Lipinski definition) is 5. The zero-order valence-corrected chi connectivity index (χ0v) is 20.3. The van der Waals surface area contributed by atoms with E-state index in [9.17, 15) is 14.4 Å². The lowest BCUT2D eigenvalue weighted by Crippen LogP contribution is -2.52. The average molecular weight is 464 g/mol. The van der Waals surface area contributed by atoms with Crippen LogP contribution in [0.25, 0.3) is 0 Å². The van der Waals surface area contributed by atoms with Gasteiger partial charge in [0.15, 0.2) is 0 Å². The molecule has 4 atom stereocenters. The van der Waals surface area contributed by atoms with Crippen molar-refractivity contribution in [3.05, 3.63) is 60.2 Å². The predicted molar refractivity (Wildman–Crippen MR) is 129 cm³/mol. The number of carbonyl (C=O) groups is 3. The van der Waals surface area contributed by atoms with E-state index in [1.165, 1.54) is 4.90 Å². The second-order valence-corrected chi connectivity index (χ2v) is 9.73. The highest BCUT2D eigenvalue weighted by Crippen LogP contribution is 2.52. The minimum atomic E-state index is -1.20. The highest BCUT2D eigenvalue weighted by Gasteiger charge is 2.55. The molecule has 4 unspecified atom stereocenters. The van der Waals surface area contributed by atoms with E-state index in [1.54, 1.807) is 45.0 Å². The number of benzene rings is 2. The van der Waals surface area contributed by atoms with Gasteiger partial charge in [0.2, 0.25) is 11.8 Å². The Morgan fingerprint density at radius 3 is 2.41 bits per heavy atom. The van der Waals surface area contributed by atoms with Crippen molar-refractivity contribution >= 4 is 23.5 Å². The summed E-state index contributed by atoms with van der Waals surface area (Å²) in [6.07, 6.45) is 0.937. The first-order valence-corrected chi connectivity index (χ1v) is 12.1. The Kier molecular flexibility index (Phi) is 6.78. The van der Waals surface area contributed by atoms with Gasteiger partial charge in [-0.3, -0.25) is 19.3 Å². The van der Waals surface area contributed by atoms with Gasteiger partial charge in [-0.25, -0.2) is 0 Å². The van der Waals surface area contributed by atoms with Crippen LogP contribution in [0.4, 0.5) is 5.69 Å². The third-order valence-corrected chi connectivity index (χ3v) is 7.40. The second kappa shape index (κ2) is 9.61. The molecule has 6 nitrogen and oxygen atoms in total. The molecule has 2 aliphatic rings. The van der Waals surface area contributed by atoms with Crippen molar-refractivity contribution < 1.29 is 23.9 Å². The number of para-hydroxylation sites is 2.